The number of carbonyl (C=O) groups excluding carboxylic acids is 1. The van der Waals surface area contributed by atoms with Crippen molar-refractivity contribution in [3.63, 3.8) is 0 Å². The van der Waals surface area contributed by atoms with E-state index < -0.39 is 14.2 Å². The lowest BCUT2D eigenvalue weighted by atomic mass is 10.1. The first-order valence-corrected chi connectivity index (χ1v) is 10.2. The van der Waals surface area contributed by atoms with Gasteiger partial charge in [0.1, 0.15) is 13.5 Å². The molecule has 0 aliphatic rings. The van der Waals surface area contributed by atoms with Crippen LogP contribution >= 0.6 is 0 Å². The van der Waals surface area contributed by atoms with Crippen molar-refractivity contribution in [3.8, 4) is 0 Å². The van der Waals surface area contributed by atoms with Crippen molar-refractivity contribution >= 4 is 19.6 Å². The molecule has 0 aliphatic carbocycles. The average molecular weight is 302 g/mol. The van der Waals surface area contributed by atoms with Gasteiger partial charge in [0.15, 0.2) is 0 Å². The Labute approximate surface area is 129 Å². The van der Waals surface area contributed by atoms with Crippen LogP contribution in [-0.2, 0) is 4.79 Å². The highest BCUT2D eigenvalue weighted by molar-refractivity contribution is 7.08. The van der Waals surface area contributed by atoms with E-state index in [1.54, 1.807) is 6.08 Å². The van der Waals surface area contributed by atoms with Crippen LogP contribution in [-0.4, -0.2) is 24.7 Å². The predicted octanol–water partition coefficient (Wildman–Crippen LogP) is 4.23. The summed E-state index contributed by atoms with van der Waals surface area (Å²) in [4.78, 5) is 12.6. The first kappa shape index (κ1) is 17.6. The van der Waals surface area contributed by atoms with E-state index in [0.29, 0.717) is 5.57 Å². The standard InChI is InChI=1S/C18H26O2Si/c1-14(17(20)21(5,6)18(2,3)4)16(19)13-12-15-10-8-7-9-11-15/h7-13,16,19H,1H2,2-6H3/b13-12+. The van der Waals surface area contributed by atoms with Crippen LogP contribution in [0.25, 0.3) is 6.08 Å². The number of carbonyl (C=O) groups is 1. The Morgan fingerprint density at radius 2 is 1.76 bits per heavy atom. The van der Waals surface area contributed by atoms with Gasteiger partial charge in [0.25, 0.3) is 0 Å². The zero-order valence-electron chi connectivity index (χ0n) is 13.7. The molecule has 1 aromatic rings. The highest BCUT2D eigenvalue weighted by Crippen LogP contribution is 2.38. The molecule has 1 unspecified atom stereocenters. The summed E-state index contributed by atoms with van der Waals surface area (Å²) in [6.07, 6.45) is 2.52. The minimum atomic E-state index is -2.17. The van der Waals surface area contributed by atoms with Crippen molar-refractivity contribution in [2.75, 3.05) is 0 Å². The molecule has 2 nitrogen and oxygen atoms in total. The van der Waals surface area contributed by atoms with Crippen LogP contribution in [0.2, 0.25) is 18.1 Å². The van der Waals surface area contributed by atoms with Gasteiger partial charge in [-0.1, -0.05) is 82.9 Å². The molecule has 0 spiro atoms. The second-order valence-corrected chi connectivity index (χ2v) is 12.1. The van der Waals surface area contributed by atoms with E-state index in [9.17, 15) is 9.90 Å². The van der Waals surface area contributed by atoms with Crippen LogP contribution in [0.15, 0.2) is 48.6 Å². The first-order valence-electron chi connectivity index (χ1n) is 7.22. The highest BCUT2D eigenvalue weighted by Gasteiger charge is 2.43. The fraction of sp³-hybridized carbons (Fsp3) is 0.389. The van der Waals surface area contributed by atoms with Crippen LogP contribution in [0.5, 0.6) is 0 Å². The molecule has 0 aromatic heterocycles. The van der Waals surface area contributed by atoms with E-state index in [1.165, 1.54) is 0 Å². The predicted molar refractivity (Wildman–Crippen MR) is 92.8 cm³/mol. The largest absolute Gasteiger partial charge is 0.384 e. The number of aliphatic hydroxyl groups is 1. The topological polar surface area (TPSA) is 37.3 Å². The second kappa shape index (κ2) is 6.54. The molecule has 1 aromatic carbocycles. The van der Waals surface area contributed by atoms with Gasteiger partial charge >= 0.3 is 0 Å². The van der Waals surface area contributed by atoms with Crippen LogP contribution in [0.3, 0.4) is 0 Å². The smallest absolute Gasteiger partial charge is 0.139 e. The quantitative estimate of drug-likeness (QED) is 0.652. The Balaban J connectivity index is 2.84. The summed E-state index contributed by atoms with van der Waals surface area (Å²) in [5.41, 5.74) is 1.29. The SMILES string of the molecule is C=C(C(=O)[Si](C)(C)C(C)(C)C)C(O)/C=C/c1ccccc1. The molecule has 0 aliphatic heterocycles. The van der Waals surface area contributed by atoms with Crippen molar-refractivity contribution in [1.29, 1.82) is 0 Å². The fourth-order valence-corrected chi connectivity index (χ4v) is 3.39. The maximum atomic E-state index is 12.6. The molecular formula is C18H26O2Si. The molecule has 1 atom stereocenters. The number of rotatable bonds is 5. The fourth-order valence-electron chi connectivity index (χ4n) is 1.76. The van der Waals surface area contributed by atoms with Gasteiger partial charge in [0.2, 0.25) is 0 Å². The van der Waals surface area contributed by atoms with E-state index in [0.717, 1.165) is 5.56 Å². The molecule has 0 saturated heterocycles. The summed E-state index contributed by atoms with van der Waals surface area (Å²) < 4.78 is 0. The minimum Gasteiger partial charge on any atom is -0.384 e. The Hall–Kier alpha value is -1.45. The van der Waals surface area contributed by atoms with Crippen LogP contribution in [0, 0.1) is 0 Å². The van der Waals surface area contributed by atoms with Gasteiger partial charge in [0.05, 0.1) is 6.10 Å². The lowest BCUT2D eigenvalue weighted by Gasteiger charge is -2.36. The molecule has 0 fully saturated rings. The summed E-state index contributed by atoms with van der Waals surface area (Å²) in [6.45, 7) is 14.1. The van der Waals surface area contributed by atoms with E-state index in [1.807, 2.05) is 49.5 Å². The van der Waals surface area contributed by atoms with Crippen molar-refractivity contribution < 1.29 is 9.90 Å². The molecule has 0 bridgehead atoms. The van der Waals surface area contributed by atoms with Gasteiger partial charge in [-0.25, -0.2) is 0 Å². The maximum absolute atomic E-state index is 12.6. The number of aliphatic hydroxyl groups excluding tert-OH is 1. The number of benzene rings is 1. The van der Waals surface area contributed by atoms with Crippen molar-refractivity contribution in [3.05, 3.63) is 54.1 Å². The van der Waals surface area contributed by atoms with Gasteiger partial charge in [0, 0.05) is 5.57 Å². The van der Waals surface area contributed by atoms with Crippen LogP contribution in [0.1, 0.15) is 26.3 Å². The van der Waals surface area contributed by atoms with Crippen molar-refractivity contribution in [1.82, 2.24) is 0 Å². The van der Waals surface area contributed by atoms with Gasteiger partial charge in [-0.3, -0.25) is 0 Å². The first-order chi connectivity index (χ1) is 9.57. The van der Waals surface area contributed by atoms with Gasteiger partial charge in [-0.15, -0.1) is 0 Å². The molecule has 0 heterocycles. The molecule has 21 heavy (non-hydrogen) atoms. The van der Waals surface area contributed by atoms with Crippen molar-refractivity contribution in [2.45, 2.75) is 45.0 Å². The monoisotopic (exact) mass is 302 g/mol. The average Bonchev–Trinajstić information content (AvgIpc) is 2.43. The summed E-state index contributed by atoms with van der Waals surface area (Å²) in [6, 6.07) is 9.69. The molecule has 0 radical (unpaired) electrons. The summed E-state index contributed by atoms with van der Waals surface area (Å²) in [5, 5.41) is 10.2. The third kappa shape index (κ3) is 4.25. The van der Waals surface area contributed by atoms with Crippen molar-refractivity contribution in [2.24, 2.45) is 0 Å². The van der Waals surface area contributed by atoms with Crippen LogP contribution in [0.4, 0.5) is 0 Å². The summed E-state index contributed by atoms with van der Waals surface area (Å²) in [5.74, 6) is 0. The third-order valence-corrected chi connectivity index (χ3v) is 9.57. The summed E-state index contributed by atoms with van der Waals surface area (Å²) >= 11 is 0. The normalized spacial score (nSPS) is 14.2. The lowest BCUT2D eigenvalue weighted by molar-refractivity contribution is -0.110. The maximum Gasteiger partial charge on any atom is 0.139 e. The molecule has 3 heteroatoms. The molecule has 0 saturated carbocycles. The zero-order valence-corrected chi connectivity index (χ0v) is 14.7. The number of hydrogen-bond acceptors (Lipinski definition) is 2. The Morgan fingerprint density at radius 1 is 1.24 bits per heavy atom. The van der Waals surface area contributed by atoms with E-state index in [2.05, 4.69) is 27.4 Å². The Morgan fingerprint density at radius 3 is 2.24 bits per heavy atom. The summed E-state index contributed by atoms with van der Waals surface area (Å²) in [7, 11) is -2.17. The zero-order chi connectivity index (χ0) is 16.3. The minimum absolute atomic E-state index is 0.0419. The molecule has 1 rings (SSSR count). The second-order valence-electron chi connectivity index (χ2n) is 6.94. The van der Waals surface area contributed by atoms with E-state index in [-0.39, 0.29) is 10.4 Å². The van der Waals surface area contributed by atoms with E-state index >= 15 is 0 Å². The molecule has 114 valence electrons. The molecule has 1 N–H and O–H groups in total. The lowest BCUT2D eigenvalue weighted by Crippen LogP contribution is -2.48. The highest BCUT2D eigenvalue weighted by atomic mass is 28.3. The Bertz CT molecular complexity index is 536. The molecule has 0 amide bonds. The molecular weight excluding hydrogens is 276 g/mol. The van der Waals surface area contributed by atoms with Gasteiger partial charge in [-0.05, 0) is 10.6 Å². The van der Waals surface area contributed by atoms with Gasteiger partial charge < -0.3 is 9.90 Å². The van der Waals surface area contributed by atoms with Gasteiger partial charge in [-0.2, -0.15) is 0 Å². The number of hydrogen-bond donors (Lipinski definition) is 1. The van der Waals surface area contributed by atoms with E-state index in [4.69, 9.17) is 0 Å². The third-order valence-electron chi connectivity index (χ3n) is 4.36. The van der Waals surface area contributed by atoms with Crippen LogP contribution < -0.4 is 0 Å². The Kier molecular flexibility index (Phi) is 5.48.